The van der Waals surface area contributed by atoms with Crippen LogP contribution in [0.5, 0.6) is 0 Å². The summed E-state index contributed by atoms with van der Waals surface area (Å²) in [4.78, 5) is 19.9. The van der Waals surface area contributed by atoms with Gasteiger partial charge < -0.3 is 10.7 Å². The number of rotatable bonds is 3. The molecule has 0 radical (unpaired) electrons. The van der Waals surface area contributed by atoms with E-state index in [-0.39, 0.29) is 18.0 Å². The quantitative estimate of drug-likeness (QED) is 0.474. The van der Waals surface area contributed by atoms with Crippen molar-refractivity contribution in [1.82, 2.24) is 9.97 Å². The highest BCUT2D eigenvalue weighted by Crippen LogP contribution is 2.34. The number of aromatic amines is 1. The number of hydrogen-bond acceptors (Lipinski definition) is 3. The lowest BCUT2D eigenvalue weighted by molar-refractivity contribution is 1.07. The Morgan fingerprint density at radius 2 is 1.70 bits per heavy atom. The molecule has 0 bridgehead atoms. The van der Waals surface area contributed by atoms with Crippen molar-refractivity contribution in [2.75, 3.05) is 0 Å². The van der Waals surface area contributed by atoms with Crippen molar-refractivity contribution in [1.29, 1.82) is 0 Å². The molecule has 0 aliphatic carbocycles. The van der Waals surface area contributed by atoms with E-state index in [1.165, 1.54) is 0 Å². The van der Waals surface area contributed by atoms with Gasteiger partial charge in [-0.25, -0.2) is 4.98 Å². The maximum absolute atomic E-state index is 12.3. The van der Waals surface area contributed by atoms with Crippen molar-refractivity contribution < 1.29 is 0 Å². The molecule has 3 N–H and O–H groups in total. The van der Waals surface area contributed by atoms with E-state index in [0.29, 0.717) is 17.4 Å². The number of nitrogens with zero attached hydrogens (tertiary/aromatic N) is 1. The number of benzene rings is 2. The predicted octanol–water partition coefficient (Wildman–Crippen LogP) is 4.90. The molecular weight excluding hydrogens is 426 g/mol. The average Bonchev–Trinajstić information content (AvgIpc) is 2.71. The van der Waals surface area contributed by atoms with Gasteiger partial charge in [0.25, 0.3) is 5.56 Å². The highest BCUT2D eigenvalue weighted by molar-refractivity contribution is 9.10. The Hall–Kier alpha value is -2.47. The van der Waals surface area contributed by atoms with E-state index in [0.717, 1.165) is 32.4 Å². The number of fused-ring (bicyclic) bond motifs is 1. The van der Waals surface area contributed by atoms with Gasteiger partial charge in [0.1, 0.15) is 0 Å². The molecule has 2 aromatic heterocycles. The lowest BCUT2D eigenvalue weighted by atomic mass is 9.97. The Kier molecular flexibility index (Phi) is 5.75. The molecule has 0 saturated heterocycles. The fraction of sp³-hybridized carbons (Fsp3) is 0.0476. The first kappa shape index (κ1) is 19.3. The highest BCUT2D eigenvalue weighted by Gasteiger charge is 2.14. The van der Waals surface area contributed by atoms with Gasteiger partial charge in [-0.05, 0) is 33.1 Å². The van der Waals surface area contributed by atoms with Crippen LogP contribution in [-0.4, -0.2) is 9.97 Å². The summed E-state index contributed by atoms with van der Waals surface area (Å²) in [6.07, 6.45) is 1.63. The number of halogens is 2. The van der Waals surface area contributed by atoms with Crippen LogP contribution < -0.4 is 11.3 Å². The van der Waals surface area contributed by atoms with Crippen LogP contribution in [0.4, 0.5) is 0 Å². The second kappa shape index (κ2) is 8.05. The topological polar surface area (TPSA) is 71.8 Å². The first-order chi connectivity index (χ1) is 12.7. The van der Waals surface area contributed by atoms with Gasteiger partial charge in [0.05, 0.1) is 21.1 Å². The van der Waals surface area contributed by atoms with E-state index >= 15 is 0 Å². The van der Waals surface area contributed by atoms with E-state index in [1.807, 2.05) is 60.7 Å². The van der Waals surface area contributed by atoms with Gasteiger partial charge in [0.15, 0.2) is 0 Å². The SMILES string of the molecule is Cl.NCc1ccc(-c2nc3c(Br)c[nH]c(=O)c3cc2-c2ccccc2)cc1. The van der Waals surface area contributed by atoms with Crippen LogP contribution in [0, 0.1) is 0 Å². The summed E-state index contributed by atoms with van der Waals surface area (Å²) in [6.45, 7) is 0.498. The van der Waals surface area contributed by atoms with E-state index in [4.69, 9.17) is 10.7 Å². The van der Waals surface area contributed by atoms with Crippen LogP contribution in [0.3, 0.4) is 0 Å². The van der Waals surface area contributed by atoms with Gasteiger partial charge in [0.2, 0.25) is 0 Å². The number of H-pyrrole nitrogens is 1. The molecule has 0 fully saturated rings. The van der Waals surface area contributed by atoms with Gasteiger partial charge in [0, 0.05) is 23.9 Å². The Bertz CT molecular complexity index is 1140. The number of hydrogen-bond donors (Lipinski definition) is 2. The monoisotopic (exact) mass is 441 g/mol. The second-order valence-electron chi connectivity index (χ2n) is 6.01. The summed E-state index contributed by atoms with van der Waals surface area (Å²) in [5.74, 6) is 0. The van der Waals surface area contributed by atoms with Crippen LogP contribution >= 0.6 is 28.3 Å². The van der Waals surface area contributed by atoms with Gasteiger partial charge in [-0.3, -0.25) is 4.79 Å². The van der Waals surface area contributed by atoms with Crippen molar-refractivity contribution in [3.05, 3.63) is 87.3 Å². The highest BCUT2D eigenvalue weighted by atomic mass is 79.9. The molecule has 0 amide bonds. The van der Waals surface area contributed by atoms with Crippen molar-refractivity contribution >= 4 is 39.2 Å². The van der Waals surface area contributed by atoms with E-state index in [1.54, 1.807) is 6.20 Å². The molecule has 0 saturated carbocycles. The summed E-state index contributed by atoms with van der Waals surface area (Å²) in [5.41, 5.74) is 11.0. The van der Waals surface area contributed by atoms with E-state index < -0.39 is 0 Å². The van der Waals surface area contributed by atoms with Crippen molar-refractivity contribution in [3.63, 3.8) is 0 Å². The van der Waals surface area contributed by atoms with E-state index in [9.17, 15) is 4.79 Å². The van der Waals surface area contributed by atoms with Crippen LogP contribution in [0.15, 0.2) is 76.1 Å². The maximum Gasteiger partial charge on any atom is 0.257 e. The zero-order valence-electron chi connectivity index (χ0n) is 14.3. The Morgan fingerprint density at radius 3 is 2.37 bits per heavy atom. The molecule has 2 heterocycles. The van der Waals surface area contributed by atoms with Crippen molar-refractivity contribution in [2.45, 2.75) is 6.54 Å². The standard InChI is InChI=1S/C21H16BrN3O.ClH/c22-18-12-24-21(26)17-10-16(14-4-2-1-3-5-14)19(25-20(17)18)15-8-6-13(11-23)7-9-15;/h1-10,12H,11,23H2,(H,24,26);1H. The normalized spacial score (nSPS) is 10.6. The zero-order chi connectivity index (χ0) is 18.1. The molecule has 4 nitrogen and oxygen atoms in total. The Morgan fingerprint density at radius 1 is 1.00 bits per heavy atom. The first-order valence-electron chi connectivity index (χ1n) is 8.24. The maximum atomic E-state index is 12.3. The van der Waals surface area contributed by atoms with Gasteiger partial charge in [-0.15, -0.1) is 12.4 Å². The predicted molar refractivity (Wildman–Crippen MR) is 116 cm³/mol. The summed E-state index contributed by atoms with van der Waals surface area (Å²) in [6, 6.07) is 19.9. The molecule has 0 aliphatic rings. The molecule has 4 aromatic rings. The molecular formula is C21H17BrClN3O. The smallest absolute Gasteiger partial charge is 0.257 e. The van der Waals surface area contributed by atoms with Crippen molar-refractivity contribution in [2.24, 2.45) is 5.73 Å². The van der Waals surface area contributed by atoms with Crippen molar-refractivity contribution in [3.8, 4) is 22.4 Å². The first-order valence-corrected chi connectivity index (χ1v) is 9.03. The summed E-state index contributed by atoms with van der Waals surface area (Å²) < 4.78 is 0.756. The largest absolute Gasteiger partial charge is 0.327 e. The van der Waals surface area contributed by atoms with Gasteiger partial charge >= 0.3 is 0 Å². The Labute approximate surface area is 171 Å². The number of nitrogens with two attached hydrogens (primary N) is 1. The molecule has 0 atom stereocenters. The molecule has 136 valence electrons. The number of nitrogens with one attached hydrogen (secondary N) is 1. The third-order valence-corrected chi connectivity index (χ3v) is 4.98. The third kappa shape index (κ3) is 3.67. The van der Waals surface area contributed by atoms with Crippen LogP contribution in [-0.2, 0) is 6.54 Å². The zero-order valence-corrected chi connectivity index (χ0v) is 16.7. The summed E-state index contributed by atoms with van der Waals surface area (Å²) in [7, 11) is 0. The molecule has 6 heteroatoms. The molecule has 2 aromatic carbocycles. The molecule has 0 aliphatic heterocycles. The minimum absolute atomic E-state index is 0. The summed E-state index contributed by atoms with van der Waals surface area (Å²) in [5, 5.41) is 0.556. The average molecular weight is 443 g/mol. The number of pyridine rings is 2. The summed E-state index contributed by atoms with van der Waals surface area (Å²) >= 11 is 3.49. The Balaban J connectivity index is 0.00000210. The molecule has 27 heavy (non-hydrogen) atoms. The third-order valence-electron chi connectivity index (χ3n) is 4.37. The number of aromatic nitrogens is 2. The second-order valence-corrected chi connectivity index (χ2v) is 6.87. The molecule has 4 rings (SSSR count). The van der Waals surface area contributed by atoms with Gasteiger partial charge in [-0.2, -0.15) is 0 Å². The van der Waals surface area contributed by atoms with Crippen LogP contribution in [0.25, 0.3) is 33.3 Å². The fourth-order valence-corrected chi connectivity index (χ4v) is 3.42. The molecule has 0 spiro atoms. The molecule has 0 unspecified atom stereocenters. The lowest BCUT2D eigenvalue weighted by Gasteiger charge is -2.12. The van der Waals surface area contributed by atoms with Crippen LogP contribution in [0.2, 0.25) is 0 Å². The minimum Gasteiger partial charge on any atom is -0.327 e. The van der Waals surface area contributed by atoms with Gasteiger partial charge in [-0.1, -0.05) is 54.6 Å². The lowest BCUT2D eigenvalue weighted by Crippen LogP contribution is -2.07. The fourth-order valence-electron chi connectivity index (χ4n) is 3.00. The van der Waals surface area contributed by atoms with Crippen LogP contribution in [0.1, 0.15) is 5.56 Å². The van der Waals surface area contributed by atoms with E-state index in [2.05, 4.69) is 20.9 Å². The minimum atomic E-state index is -0.155.